The van der Waals surface area contributed by atoms with E-state index >= 15 is 0 Å². The largest absolute Gasteiger partial charge is 0.497 e. The van der Waals surface area contributed by atoms with Crippen molar-refractivity contribution in [3.8, 4) is 11.5 Å². The van der Waals surface area contributed by atoms with E-state index in [1.807, 2.05) is 0 Å². The molecule has 0 aromatic heterocycles. The highest BCUT2D eigenvalue weighted by molar-refractivity contribution is 6.36. The first-order valence-electron chi connectivity index (χ1n) is 10.2. The summed E-state index contributed by atoms with van der Waals surface area (Å²) in [5.74, 6) is -0.140. The van der Waals surface area contributed by atoms with Crippen LogP contribution in [0.2, 0.25) is 0 Å². The molecule has 0 radical (unpaired) electrons. The van der Waals surface area contributed by atoms with Crippen molar-refractivity contribution in [2.75, 3.05) is 32.8 Å². The molecular formula is C23H25N3O6. The zero-order chi connectivity index (χ0) is 23.1. The van der Waals surface area contributed by atoms with Gasteiger partial charge in [0.15, 0.2) is 0 Å². The summed E-state index contributed by atoms with van der Waals surface area (Å²) in [6.45, 7) is 2.05. The number of anilines is 1. The molecule has 2 amide bonds. The Bertz CT molecular complexity index is 1010. The summed E-state index contributed by atoms with van der Waals surface area (Å²) >= 11 is 0. The van der Waals surface area contributed by atoms with E-state index in [1.165, 1.54) is 19.1 Å². The molecule has 0 fully saturated rings. The van der Waals surface area contributed by atoms with Crippen LogP contribution in [0.15, 0.2) is 47.6 Å². The predicted molar refractivity (Wildman–Crippen MR) is 118 cm³/mol. The van der Waals surface area contributed by atoms with Crippen LogP contribution in [0.3, 0.4) is 0 Å². The first-order chi connectivity index (χ1) is 15.5. The van der Waals surface area contributed by atoms with Crippen LogP contribution in [0.25, 0.3) is 0 Å². The fourth-order valence-corrected chi connectivity index (χ4v) is 3.29. The smallest absolute Gasteiger partial charge is 0.354 e. The molecule has 3 rings (SSSR count). The van der Waals surface area contributed by atoms with Crippen LogP contribution >= 0.6 is 0 Å². The van der Waals surface area contributed by atoms with Crippen molar-refractivity contribution >= 4 is 29.2 Å². The van der Waals surface area contributed by atoms with Gasteiger partial charge in [-0.2, -0.15) is 5.10 Å². The number of fused-ring (bicyclic) bond motifs is 1. The van der Waals surface area contributed by atoms with Gasteiger partial charge < -0.3 is 14.2 Å². The molecule has 2 aromatic rings. The molecule has 1 N–H and O–H groups in total. The molecule has 1 aliphatic heterocycles. The minimum atomic E-state index is -0.579. The molecule has 0 aliphatic carbocycles. The Morgan fingerprint density at radius 3 is 2.31 bits per heavy atom. The molecule has 9 heteroatoms. The molecule has 9 nitrogen and oxygen atoms in total. The first-order valence-corrected chi connectivity index (χ1v) is 10.2. The molecule has 0 bridgehead atoms. The van der Waals surface area contributed by atoms with E-state index in [-0.39, 0.29) is 37.1 Å². The molecule has 1 aliphatic rings. The Labute approximate surface area is 185 Å². The first kappa shape index (κ1) is 22.8. The van der Waals surface area contributed by atoms with E-state index in [1.54, 1.807) is 49.4 Å². The highest BCUT2D eigenvalue weighted by atomic mass is 16.5. The van der Waals surface area contributed by atoms with Crippen LogP contribution in [-0.4, -0.2) is 55.8 Å². The van der Waals surface area contributed by atoms with E-state index in [0.29, 0.717) is 34.7 Å². The Hall–Kier alpha value is -3.88. The van der Waals surface area contributed by atoms with Crippen molar-refractivity contribution in [2.24, 2.45) is 5.10 Å². The fraction of sp³-hybridized carbons (Fsp3) is 0.304. The number of esters is 1. The van der Waals surface area contributed by atoms with Gasteiger partial charge in [-0.15, -0.1) is 0 Å². The number of nitrogens with zero attached hydrogens (tertiary/aromatic N) is 2. The van der Waals surface area contributed by atoms with E-state index in [9.17, 15) is 14.4 Å². The van der Waals surface area contributed by atoms with Crippen molar-refractivity contribution in [1.82, 2.24) is 4.90 Å². The number of methoxy groups -OCH3 is 2. The van der Waals surface area contributed by atoms with Gasteiger partial charge in [-0.25, -0.2) is 4.79 Å². The second kappa shape index (κ2) is 10.4. The summed E-state index contributed by atoms with van der Waals surface area (Å²) in [5, 5.41) is 4.21. The number of carbonyl (C=O) groups excluding carboxylic acids is 3. The minimum Gasteiger partial charge on any atom is -0.497 e. The number of rotatable bonds is 10. The molecule has 168 valence electrons. The third kappa shape index (κ3) is 4.88. The molecule has 0 unspecified atom stereocenters. The van der Waals surface area contributed by atoms with Gasteiger partial charge >= 0.3 is 5.97 Å². The normalized spacial score (nSPS) is 13.1. The lowest BCUT2D eigenvalue weighted by molar-refractivity contribution is -0.135. The summed E-state index contributed by atoms with van der Waals surface area (Å²) in [6.07, 6.45) is 0.547. The van der Waals surface area contributed by atoms with E-state index < -0.39 is 5.97 Å². The Morgan fingerprint density at radius 1 is 1.03 bits per heavy atom. The topological polar surface area (TPSA) is 107 Å². The molecule has 32 heavy (non-hydrogen) atoms. The van der Waals surface area contributed by atoms with E-state index in [2.05, 4.69) is 10.5 Å². The van der Waals surface area contributed by atoms with Crippen LogP contribution < -0.4 is 14.9 Å². The number of hydrogen-bond donors (Lipinski definition) is 1. The zero-order valence-corrected chi connectivity index (χ0v) is 18.2. The maximum atomic E-state index is 12.5. The van der Waals surface area contributed by atoms with Gasteiger partial charge in [-0.1, -0.05) is 12.1 Å². The zero-order valence-electron chi connectivity index (χ0n) is 18.2. The number of hydrazone groups is 1. The summed E-state index contributed by atoms with van der Waals surface area (Å²) in [6, 6.07) is 11.8. The second-order valence-electron chi connectivity index (χ2n) is 6.87. The SMILES string of the molecule is CCOC(=O)/C(CCCN1C(=O)c2ccccc2C1=O)=N/Nc1cc(OC)ccc1OC. The number of ether oxygens (including phenoxy) is 3. The Kier molecular flexibility index (Phi) is 7.43. The number of amides is 2. The molecule has 0 atom stereocenters. The van der Waals surface area contributed by atoms with Gasteiger partial charge in [0.05, 0.1) is 32.0 Å². The van der Waals surface area contributed by atoms with Crippen LogP contribution in [0, 0.1) is 0 Å². The molecule has 1 heterocycles. The maximum Gasteiger partial charge on any atom is 0.354 e. The monoisotopic (exact) mass is 439 g/mol. The lowest BCUT2D eigenvalue weighted by atomic mass is 10.1. The van der Waals surface area contributed by atoms with Gasteiger partial charge in [0.2, 0.25) is 0 Å². The number of carbonyl (C=O) groups is 3. The summed E-state index contributed by atoms with van der Waals surface area (Å²) in [4.78, 5) is 38.6. The quantitative estimate of drug-likeness (QED) is 0.262. The van der Waals surface area contributed by atoms with Crippen molar-refractivity contribution < 1.29 is 28.6 Å². The third-order valence-electron chi connectivity index (χ3n) is 4.90. The molecule has 0 saturated heterocycles. The van der Waals surface area contributed by atoms with Crippen molar-refractivity contribution in [2.45, 2.75) is 19.8 Å². The number of benzene rings is 2. The van der Waals surface area contributed by atoms with Crippen LogP contribution in [-0.2, 0) is 9.53 Å². The van der Waals surface area contributed by atoms with Crippen LogP contribution in [0.5, 0.6) is 11.5 Å². The second-order valence-corrected chi connectivity index (χ2v) is 6.87. The van der Waals surface area contributed by atoms with Crippen LogP contribution in [0.4, 0.5) is 5.69 Å². The van der Waals surface area contributed by atoms with Crippen molar-refractivity contribution in [3.05, 3.63) is 53.6 Å². The molecule has 2 aromatic carbocycles. The van der Waals surface area contributed by atoms with Gasteiger partial charge in [0.1, 0.15) is 22.9 Å². The van der Waals surface area contributed by atoms with Gasteiger partial charge in [-0.05, 0) is 37.6 Å². The number of hydrogen-bond acceptors (Lipinski definition) is 8. The van der Waals surface area contributed by atoms with Gasteiger partial charge in [0.25, 0.3) is 11.8 Å². The standard InChI is InChI=1S/C23H25N3O6/c1-4-32-23(29)18(24-25-19-14-15(30-2)11-12-20(19)31-3)10-7-13-26-21(27)16-8-5-6-9-17(16)22(26)28/h5-6,8-9,11-12,14,25H,4,7,10,13H2,1-3H3/b24-18+. The Balaban J connectivity index is 1.70. The van der Waals surface area contributed by atoms with Gasteiger partial charge in [-0.3, -0.25) is 19.9 Å². The fourth-order valence-electron chi connectivity index (χ4n) is 3.29. The minimum absolute atomic E-state index is 0.133. The number of imide groups is 1. The highest BCUT2D eigenvalue weighted by Crippen LogP contribution is 2.29. The van der Waals surface area contributed by atoms with Gasteiger partial charge in [0, 0.05) is 19.0 Å². The Morgan fingerprint density at radius 2 is 1.72 bits per heavy atom. The average Bonchev–Trinajstić information content (AvgIpc) is 3.06. The summed E-state index contributed by atoms with van der Waals surface area (Å²) < 4.78 is 15.6. The van der Waals surface area contributed by atoms with E-state index in [0.717, 1.165) is 0 Å². The lowest BCUT2D eigenvalue weighted by Gasteiger charge is -2.14. The molecule has 0 spiro atoms. The van der Waals surface area contributed by atoms with Crippen LogP contribution in [0.1, 0.15) is 40.5 Å². The number of nitrogens with one attached hydrogen (secondary N) is 1. The third-order valence-corrected chi connectivity index (χ3v) is 4.90. The summed E-state index contributed by atoms with van der Waals surface area (Å²) in [7, 11) is 3.06. The maximum absolute atomic E-state index is 12.5. The summed E-state index contributed by atoms with van der Waals surface area (Å²) in [5.41, 5.74) is 4.25. The highest BCUT2D eigenvalue weighted by Gasteiger charge is 2.34. The average molecular weight is 439 g/mol. The predicted octanol–water partition coefficient (Wildman–Crippen LogP) is 3.11. The van der Waals surface area contributed by atoms with Crippen molar-refractivity contribution in [3.63, 3.8) is 0 Å². The molecular weight excluding hydrogens is 414 g/mol. The molecule has 0 saturated carbocycles. The van der Waals surface area contributed by atoms with Crippen molar-refractivity contribution in [1.29, 1.82) is 0 Å². The lowest BCUT2D eigenvalue weighted by Crippen LogP contribution is -2.31. The van der Waals surface area contributed by atoms with E-state index in [4.69, 9.17) is 14.2 Å².